The van der Waals surface area contributed by atoms with E-state index in [1.165, 1.54) is 18.2 Å². The van der Waals surface area contributed by atoms with Gasteiger partial charge in [0.25, 0.3) is 10.1 Å². The van der Waals surface area contributed by atoms with E-state index in [9.17, 15) is 18.6 Å². The van der Waals surface area contributed by atoms with Gasteiger partial charge >= 0.3 is 0 Å². The number of halogens is 2. The van der Waals surface area contributed by atoms with Crippen LogP contribution in [-0.4, -0.2) is 23.2 Å². The molecule has 2 rings (SSSR count). The fraction of sp³-hybridized carbons (Fsp3) is 0. The smallest absolute Gasteiger partial charge is 0.294 e. The number of phenolic OH excluding ortho intramolecular Hbond substituents is 2. The Labute approximate surface area is 119 Å². The van der Waals surface area contributed by atoms with E-state index < -0.39 is 15.9 Å². The molecule has 2 aromatic carbocycles. The van der Waals surface area contributed by atoms with Crippen molar-refractivity contribution in [2.75, 3.05) is 0 Å². The molecular weight excluding hydrogens is 392 g/mol. The molecule has 0 radical (unpaired) electrons. The standard InChI is InChI=1S/C10H6Br2O5S/c11-7-5-2-1-4(18(15,16)17)3-6(5)8(12)10(14)9(7)13/h1-3,13-14H,(H,15,16,17). The summed E-state index contributed by atoms with van der Waals surface area (Å²) in [4.78, 5) is -0.298. The van der Waals surface area contributed by atoms with Crippen LogP contribution in [0.4, 0.5) is 0 Å². The second-order valence-electron chi connectivity index (χ2n) is 3.51. The first-order valence-corrected chi connectivity index (χ1v) is 7.56. The van der Waals surface area contributed by atoms with Crippen molar-refractivity contribution in [2.24, 2.45) is 0 Å². The fourth-order valence-electron chi connectivity index (χ4n) is 1.52. The lowest BCUT2D eigenvalue weighted by Crippen LogP contribution is -1.97. The molecule has 0 saturated heterocycles. The van der Waals surface area contributed by atoms with Gasteiger partial charge in [0.05, 0.1) is 13.8 Å². The van der Waals surface area contributed by atoms with Gasteiger partial charge in [-0.25, -0.2) is 0 Å². The predicted molar refractivity (Wildman–Crippen MR) is 72.5 cm³/mol. The van der Waals surface area contributed by atoms with Gasteiger partial charge in [0, 0.05) is 10.8 Å². The number of phenols is 2. The molecule has 0 saturated carbocycles. The molecule has 3 N–H and O–H groups in total. The van der Waals surface area contributed by atoms with Crippen LogP contribution in [0.15, 0.2) is 32.0 Å². The molecule has 96 valence electrons. The monoisotopic (exact) mass is 396 g/mol. The summed E-state index contributed by atoms with van der Waals surface area (Å²) in [7, 11) is -4.33. The molecule has 5 nitrogen and oxygen atoms in total. The first-order chi connectivity index (χ1) is 8.23. The Bertz CT molecular complexity index is 755. The molecule has 0 heterocycles. The molecule has 18 heavy (non-hydrogen) atoms. The van der Waals surface area contributed by atoms with Crippen molar-refractivity contribution in [1.29, 1.82) is 0 Å². The van der Waals surface area contributed by atoms with Crippen LogP contribution in [0.3, 0.4) is 0 Å². The van der Waals surface area contributed by atoms with Crippen molar-refractivity contribution in [3.63, 3.8) is 0 Å². The van der Waals surface area contributed by atoms with Crippen molar-refractivity contribution in [1.82, 2.24) is 0 Å². The first-order valence-electron chi connectivity index (χ1n) is 4.53. The third-order valence-corrected chi connectivity index (χ3v) is 4.86. The number of hydrogen-bond donors (Lipinski definition) is 3. The highest BCUT2D eigenvalue weighted by molar-refractivity contribution is 9.11. The predicted octanol–water partition coefficient (Wildman–Crippen LogP) is 3.02. The Morgan fingerprint density at radius 1 is 0.944 bits per heavy atom. The Morgan fingerprint density at radius 2 is 1.44 bits per heavy atom. The van der Waals surface area contributed by atoms with Gasteiger partial charge in [0.15, 0.2) is 11.5 Å². The Morgan fingerprint density at radius 3 is 1.94 bits per heavy atom. The quantitative estimate of drug-likeness (QED) is 0.507. The van der Waals surface area contributed by atoms with Crippen LogP contribution in [0, 0.1) is 0 Å². The second-order valence-corrected chi connectivity index (χ2v) is 6.52. The normalized spacial score (nSPS) is 11.9. The maximum atomic E-state index is 11.0. The number of benzene rings is 2. The van der Waals surface area contributed by atoms with Crippen LogP contribution < -0.4 is 0 Å². The lowest BCUT2D eigenvalue weighted by Gasteiger charge is -2.09. The molecule has 0 aliphatic rings. The van der Waals surface area contributed by atoms with Crippen LogP contribution >= 0.6 is 31.9 Å². The largest absolute Gasteiger partial charge is 0.503 e. The van der Waals surface area contributed by atoms with Crippen LogP contribution in [0.2, 0.25) is 0 Å². The van der Waals surface area contributed by atoms with E-state index in [1.54, 1.807) is 0 Å². The summed E-state index contributed by atoms with van der Waals surface area (Å²) in [5, 5.41) is 20.1. The summed E-state index contributed by atoms with van der Waals surface area (Å²) in [5.74, 6) is -0.768. The van der Waals surface area contributed by atoms with Crippen LogP contribution in [-0.2, 0) is 10.1 Å². The Balaban J connectivity index is 2.95. The van der Waals surface area contributed by atoms with Crippen LogP contribution in [0.1, 0.15) is 0 Å². The maximum absolute atomic E-state index is 11.0. The number of rotatable bonds is 1. The van der Waals surface area contributed by atoms with Gasteiger partial charge in [-0.05, 0) is 44.0 Å². The van der Waals surface area contributed by atoms with Crippen LogP contribution in [0.5, 0.6) is 11.5 Å². The van der Waals surface area contributed by atoms with E-state index in [1.807, 2.05) is 0 Å². The topological polar surface area (TPSA) is 94.8 Å². The number of aromatic hydroxyl groups is 2. The van der Waals surface area contributed by atoms with E-state index in [2.05, 4.69) is 31.9 Å². The molecular formula is C10H6Br2O5S. The van der Waals surface area contributed by atoms with Crippen LogP contribution in [0.25, 0.3) is 10.8 Å². The van der Waals surface area contributed by atoms with Gasteiger partial charge in [-0.15, -0.1) is 0 Å². The molecule has 0 aliphatic heterocycles. The van der Waals surface area contributed by atoms with E-state index >= 15 is 0 Å². The van der Waals surface area contributed by atoms with Crippen molar-refractivity contribution >= 4 is 52.8 Å². The Kier molecular flexibility index (Phi) is 3.30. The Hall–Kier alpha value is -0.830. The highest BCUT2D eigenvalue weighted by Gasteiger charge is 2.18. The van der Waals surface area contributed by atoms with Crippen molar-refractivity contribution in [2.45, 2.75) is 4.90 Å². The average molecular weight is 398 g/mol. The zero-order valence-electron chi connectivity index (χ0n) is 8.55. The first kappa shape index (κ1) is 13.6. The van der Waals surface area contributed by atoms with Gasteiger partial charge in [0.2, 0.25) is 0 Å². The minimum atomic E-state index is -4.33. The minimum Gasteiger partial charge on any atom is -0.503 e. The molecule has 8 heteroatoms. The van der Waals surface area contributed by atoms with Gasteiger partial charge in [-0.2, -0.15) is 8.42 Å². The fourth-order valence-corrected chi connectivity index (χ4v) is 3.08. The average Bonchev–Trinajstić information content (AvgIpc) is 2.32. The SMILES string of the molecule is O=S(=O)(O)c1ccc2c(Br)c(O)c(O)c(Br)c2c1. The van der Waals surface area contributed by atoms with E-state index in [0.29, 0.717) is 10.8 Å². The summed E-state index contributed by atoms with van der Waals surface area (Å²) < 4.78 is 31.4. The van der Waals surface area contributed by atoms with E-state index in [0.717, 1.165) is 0 Å². The zero-order valence-corrected chi connectivity index (χ0v) is 12.5. The van der Waals surface area contributed by atoms with E-state index in [-0.39, 0.29) is 19.6 Å². The van der Waals surface area contributed by atoms with Crippen molar-refractivity contribution < 1.29 is 23.2 Å². The number of fused-ring (bicyclic) bond motifs is 1. The molecule has 0 amide bonds. The van der Waals surface area contributed by atoms with Gasteiger partial charge in [-0.3, -0.25) is 4.55 Å². The summed E-state index contributed by atoms with van der Waals surface area (Å²) in [6.45, 7) is 0. The van der Waals surface area contributed by atoms with Crippen molar-refractivity contribution in [3.8, 4) is 11.5 Å². The lowest BCUT2D eigenvalue weighted by atomic mass is 10.1. The highest BCUT2D eigenvalue weighted by Crippen LogP contribution is 2.46. The van der Waals surface area contributed by atoms with E-state index in [4.69, 9.17) is 4.55 Å². The van der Waals surface area contributed by atoms with Crippen molar-refractivity contribution in [3.05, 3.63) is 27.1 Å². The molecule has 0 unspecified atom stereocenters. The minimum absolute atomic E-state index is 0.142. The molecule has 0 spiro atoms. The molecule has 0 fully saturated rings. The molecule has 0 atom stereocenters. The van der Waals surface area contributed by atoms with Gasteiger partial charge in [-0.1, -0.05) is 6.07 Å². The highest BCUT2D eigenvalue weighted by atomic mass is 79.9. The third-order valence-electron chi connectivity index (χ3n) is 2.40. The summed E-state index contributed by atoms with van der Waals surface area (Å²) >= 11 is 6.16. The maximum Gasteiger partial charge on any atom is 0.294 e. The lowest BCUT2D eigenvalue weighted by molar-refractivity contribution is 0.400. The summed E-state index contributed by atoms with van der Waals surface area (Å²) in [6, 6.07) is 3.80. The molecule has 0 bridgehead atoms. The third kappa shape index (κ3) is 2.09. The second kappa shape index (κ2) is 4.37. The van der Waals surface area contributed by atoms with Gasteiger partial charge < -0.3 is 10.2 Å². The molecule has 0 aromatic heterocycles. The zero-order chi connectivity index (χ0) is 13.7. The van der Waals surface area contributed by atoms with Gasteiger partial charge in [0.1, 0.15) is 0 Å². The molecule has 0 aliphatic carbocycles. The summed E-state index contributed by atoms with van der Waals surface area (Å²) in [5.41, 5.74) is 0. The number of hydrogen-bond acceptors (Lipinski definition) is 4. The summed E-state index contributed by atoms with van der Waals surface area (Å²) in [6.07, 6.45) is 0. The molecule has 2 aromatic rings.